The average molecular weight is 263 g/mol. The molecule has 1 aromatic rings. The van der Waals surface area contributed by atoms with Crippen LogP contribution in [0, 0.1) is 0 Å². The molecule has 0 radical (unpaired) electrons. The lowest BCUT2D eigenvalue weighted by Crippen LogP contribution is -2.24. The second-order valence-electron chi connectivity index (χ2n) is 3.83. The number of carbonyl (C=O) groups is 1. The van der Waals surface area contributed by atoms with Gasteiger partial charge in [-0.1, -0.05) is 0 Å². The van der Waals surface area contributed by atoms with Gasteiger partial charge in [-0.2, -0.15) is 13.2 Å². The lowest BCUT2D eigenvalue weighted by atomic mass is 10.2. The number of hydrogen-bond acceptors (Lipinski definition) is 4. The molecule has 0 amide bonds. The van der Waals surface area contributed by atoms with Crippen LogP contribution in [0.1, 0.15) is 23.7 Å². The van der Waals surface area contributed by atoms with Crippen LogP contribution in [0.25, 0.3) is 0 Å². The van der Waals surface area contributed by atoms with Crippen LogP contribution in [0.3, 0.4) is 0 Å². The van der Waals surface area contributed by atoms with E-state index in [-0.39, 0.29) is 17.1 Å². The summed E-state index contributed by atoms with van der Waals surface area (Å²) in [7, 11) is 0. The summed E-state index contributed by atoms with van der Waals surface area (Å²) in [5.74, 6) is -1.17. The predicted octanol–water partition coefficient (Wildman–Crippen LogP) is 2.11. The molecule has 1 rings (SSSR count). The van der Waals surface area contributed by atoms with E-state index < -0.39 is 24.6 Å². The fourth-order valence-electron chi connectivity index (χ4n) is 1.35. The number of alkyl halides is 3. The maximum absolute atomic E-state index is 12.1. The number of anilines is 2. The van der Waals surface area contributed by atoms with Gasteiger partial charge in [-0.15, -0.1) is 0 Å². The number of aromatic nitrogens is 1. The molecule has 0 aliphatic carbocycles. The van der Waals surface area contributed by atoms with Crippen molar-refractivity contribution in [2.75, 3.05) is 11.1 Å². The van der Waals surface area contributed by atoms with Crippen molar-refractivity contribution in [1.29, 1.82) is 0 Å². The topological polar surface area (TPSA) is 88.2 Å². The highest BCUT2D eigenvalue weighted by Gasteiger charge is 2.30. The summed E-state index contributed by atoms with van der Waals surface area (Å²) in [6.45, 7) is 1.33. The molecular formula is C10H12F3N3O2. The third-order valence-electron chi connectivity index (χ3n) is 2.08. The third kappa shape index (κ3) is 4.11. The molecule has 1 atom stereocenters. The molecule has 0 saturated carbocycles. The van der Waals surface area contributed by atoms with E-state index in [0.717, 1.165) is 12.3 Å². The highest BCUT2D eigenvalue weighted by molar-refractivity contribution is 5.89. The molecule has 0 aliphatic heterocycles. The van der Waals surface area contributed by atoms with Crippen LogP contribution in [-0.2, 0) is 0 Å². The first-order chi connectivity index (χ1) is 8.19. The van der Waals surface area contributed by atoms with E-state index in [2.05, 4.69) is 10.3 Å². The van der Waals surface area contributed by atoms with Gasteiger partial charge in [0.1, 0.15) is 5.82 Å². The minimum atomic E-state index is -4.29. The molecule has 100 valence electrons. The van der Waals surface area contributed by atoms with Gasteiger partial charge in [0.05, 0.1) is 17.7 Å². The summed E-state index contributed by atoms with van der Waals surface area (Å²) >= 11 is 0. The quantitative estimate of drug-likeness (QED) is 0.774. The van der Waals surface area contributed by atoms with Crippen LogP contribution in [-0.4, -0.2) is 28.3 Å². The third-order valence-corrected chi connectivity index (χ3v) is 2.08. The fourth-order valence-corrected chi connectivity index (χ4v) is 1.35. The zero-order valence-electron chi connectivity index (χ0n) is 9.45. The number of nitrogens with one attached hydrogen (secondary N) is 1. The van der Waals surface area contributed by atoms with E-state index in [1.165, 1.54) is 6.92 Å². The van der Waals surface area contributed by atoms with E-state index >= 15 is 0 Å². The minimum absolute atomic E-state index is 0.0103. The van der Waals surface area contributed by atoms with Crippen molar-refractivity contribution in [2.24, 2.45) is 0 Å². The number of carboxylic acid groups (broad SMARTS) is 1. The van der Waals surface area contributed by atoms with Crippen LogP contribution in [0.15, 0.2) is 12.3 Å². The Balaban J connectivity index is 2.77. The molecular weight excluding hydrogens is 251 g/mol. The number of aromatic carboxylic acids is 1. The number of halogens is 3. The number of nitrogen functional groups attached to an aromatic ring is 1. The molecule has 18 heavy (non-hydrogen) atoms. The number of nitrogens with two attached hydrogens (primary N) is 1. The summed E-state index contributed by atoms with van der Waals surface area (Å²) < 4.78 is 36.3. The molecule has 4 N–H and O–H groups in total. The average Bonchev–Trinajstić information content (AvgIpc) is 2.17. The van der Waals surface area contributed by atoms with Crippen molar-refractivity contribution < 1.29 is 23.1 Å². The second-order valence-corrected chi connectivity index (χ2v) is 3.83. The molecule has 0 aliphatic rings. The summed E-state index contributed by atoms with van der Waals surface area (Å²) in [4.78, 5) is 14.3. The predicted molar refractivity (Wildman–Crippen MR) is 59.4 cm³/mol. The molecule has 0 aromatic carbocycles. The van der Waals surface area contributed by atoms with Crippen LogP contribution >= 0.6 is 0 Å². The summed E-state index contributed by atoms with van der Waals surface area (Å²) in [5, 5.41) is 11.2. The summed E-state index contributed by atoms with van der Waals surface area (Å²) in [6, 6.07) is 0.230. The van der Waals surface area contributed by atoms with Gasteiger partial charge in [0.25, 0.3) is 0 Å². The maximum Gasteiger partial charge on any atom is 0.391 e. The Morgan fingerprint density at radius 1 is 1.61 bits per heavy atom. The van der Waals surface area contributed by atoms with Gasteiger partial charge in [0.2, 0.25) is 0 Å². The van der Waals surface area contributed by atoms with Gasteiger partial charge in [0.15, 0.2) is 0 Å². The molecule has 1 heterocycles. The summed E-state index contributed by atoms with van der Waals surface area (Å²) in [6.07, 6.45) is -4.29. The molecule has 0 spiro atoms. The van der Waals surface area contributed by atoms with Crippen molar-refractivity contribution in [3.8, 4) is 0 Å². The van der Waals surface area contributed by atoms with Crippen LogP contribution in [0.2, 0.25) is 0 Å². The molecule has 0 bridgehead atoms. The lowest BCUT2D eigenvalue weighted by molar-refractivity contribution is -0.136. The van der Waals surface area contributed by atoms with Gasteiger partial charge in [-0.25, -0.2) is 9.78 Å². The monoisotopic (exact) mass is 263 g/mol. The van der Waals surface area contributed by atoms with Gasteiger partial charge >= 0.3 is 12.1 Å². The highest BCUT2D eigenvalue weighted by Crippen LogP contribution is 2.24. The largest absolute Gasteiger partial charge is 0.478 e. The van der Waals surface area contributed by atoms with Crippen molar-refractivity contribution in [1.82, 2.24) is 4.98 Å². The Morgan fingerprint density at radius 3 is 2.67 bits per heavy atom. The number of pyridine rings is 1. The number of rotatable bonds is 4. The van der Waals surface area contributed by atoms with Gasteiger partial charge < -0.3 is 16.2 Å². The van der Waals surface area contributed by atoms with E-state index in [9.17, 15) is 18.0 Å². The summed E-state index contributed by atoms with van der Waals surface area (Å²) in [5.41, 5.74) is 5.37. The standard InChI is InChI=1S/C10H12F3N3O2/c1-5(3-10(11,12)13)16-8-7(14)2-6(4-15-8)9(17)18/h2,4-5H,3,14H2,1H3,(H,15,16)(H,17,18). The van der Waals surface area contributed by atoms with Crippen molar-refractivity contribution in [2.45, 2.75) is 25.6 Å². The Bertz CT molecular complexity index is 448. The zero-order valence-corrected chi connectivity index (χ0v) is 9.45. The zero-order chi connectivity index (χ0) is 13.9. The molecule has 1 aromatic heterocycles. The molecule has 0 saturated heterocycles. The van der Waals surface area contributed by atoms with Gasteiger partial charge in [-0.3, -0.25) is 0 Å². The van der Waals surface area contributed by atoms with Gasteiger partial charge in [0, 0.05) is 12.2 Å². The van der Waals surface area contributed by atoms with Crippen molar-refractivity contribution in [3.63, 3.8) is 0 Å². The SMILES string of the molecule is CC(CC(F)(F)F)Nc1ncc(C(=O)O)cc1N. The Kier molecular flexibility index (Phi) is 4.00. The highest BCUT2D eigenvalue weighted by atomic mass is 19.4. The lowest BCUT2D eigenvalue weighted by Gasteiger charge is -2.17. The van der Waals surface area contributed by atoms with Crippen LogP contribution < -0.4 is 11.1 Å². The molecule has 1 unspecified atom stereocenters. The molecule has 8 heteroatoms. The first kappa shape index (κ1) is 14.1. The Hall–Kier alpha value is -1.99. The Labute approximate surface area is 101 Å². The second kappa shape index (κ2) is 5.11. The number of nitrogens with zero attached hydrogens (tertiary/aromatic N) is 1. The first-order valence-corrected chi connectivity index (χ1v) is 5.01. The first-order valence-electron chi connectivity index (χ1n) is 5.01. The molecule has 0 fully saturated rings. The van der Waals surface area contributed by atoms with E-state index in [4.69, 9.17) is 10.8 Å². The smallest absolute Gasteiger partial charge is 0.391 e. The Morgan fingerprint density at radius 2 is 2.22 bits per heavy atom. The van der Waals surface area contributed by atoms with E-state index in [0.29, 0.717) is 0 Å². The normalized spacial score (nSPS) is 13.1. The van der Waals surface area contributed by atoms with E-state index in [1.54, 1.807) is 0 Å². The van der Waals surface area contributed by atoms with Crippen molar-refractivity contribution in [3.05, 3.63) is 17.8 Å². The van der Waals surface area contributed by atoms with Crippen molar-refractivity contribution >= 4 is 17.5 Å². The van der Waals surface area contributed by atoms with Crippen LogP contribution in [0.5, 0.6) is 0 Å². The number of carboxylic acids is 1. The van der Waals surface area contributed by atoms with Gasteiger partial charge in [-0.05, 0) is 13.0 Å². The van der Waals surface area contributed by atoms with E-state index in [1.807, 2.05) is 0 Å². The maximum atomic E-state index is 12.1. The molecule has 5 nitrogen and oxygen atoms in total. The van der Waals surface area contributed by atoms with Crippen LogP contribution in [0.4, 0.5) is 24.7 Å². The fraction of sp³-hybridized carbons (Fsp3) is 0.400. The minimum Gasteiger partial charge on any atom is -0.478 e. The number of hydrogen-bond donors (Lipinski definition) is 3.